The highest BCUT2D eigenvalue weighted by atomic mass is 79.9. The summed E-state index contributed by atoms with van der Waals surface area (Å²) < 4.78 is 8.48. The third kappa shape index (κ3) is 6.62. The van der Waals surface area contributed by atoms with Crippen LogP contribution in [-0.4, -0.2) is 6.61 Å². The molecular formula is C25H38BrNO. The van der Waals surface area contributed by atoms with Gasteiger partial charge in [-0.05, 0) is 41.7 Å². The lowest BCUT2D eigenvalue weighted by Gasteiger charge is -2.30. The predicted octanol–water partition coefficient (Wildman–Crippen LogP) is 3.21. The lowest BCUT2D eigenvalue weighted by molar-refractivity contribution is -0.697. The molecule has 3 heteroatoms. The summed E-state index contributed by atoms with van der Waals surface area (Å²) in [4.78, 5) is 0. The zero-order chi connectivity index (χ0) is 19.9. The van der Waals surface area contributed by atoms with E-state index in [1.54, 1.807) is 0 Å². The lowest BCUT2D eigenvalue weighted by Crippen LogP contribution is -3.00. The molecule has 2 nitrogen and oxygen atoms in total. The number of rotatable bonds is 10. The van der Waals surface area contributed by atoms with Gasteiger partial charge in [-0.25, -0.2) is 4.57 Å². The average Bonchev–Trinajstić information content (AvgIpc) is 2.68. The fourth-order valence-electron chi connectivity index (χ4n) is 3.16. The van der Waals surface area contributed by atoms with Gasteiger partial charge in [0.15, 0.2) is 12.4 Å². The van der Waals surface area contributed by atoms with Crippen molar-refractivity contribution in [2.24, 2.45) is 0 Å². The molecule has 0 atom stereocenters. The molecule has 2 aromatic rings. The van der Waals surface area contributed by atoms with Gasteiger partial charge in [0, 0.05) is 24.1 Å². The molecule has 0 radical (unpaired) electrons. The first kappa shape index (κ1) is 24.7. The van der Waals surface area contributed by atoms with Crippen LogP contribution in [0.1, 0.15) is 78.4 Å². The summed E-state index contributed by atoms with van der Waals surface area (Å²) in [5.41, 5.74) is 3.08. The molecule has 0 N–H and O–H groups in total. The van der Waals surface area contributed by atoms with Crippen LogP contribution in [0.25, 0.3) is 0 Å². The number of hydrogen-bond donors (Lipinski definition) is 0. The predicted molar refractivity (Wildman–Crippen MR) is 114 cm³/mol. The average molecular weight is 448 g/mol. The Balaban J connectivity index is 0.00000392. The Bertz CT molecular complexity index is 710. The second kappa shape index (κ2) is 11.0. The van der Waals surface area contributed by atoms with E-state index in [9.17, 15) is 0 Å². The van der Waals surface area contributed by atoms with Crippen LogP contribution in [0.4, 0.5) is 0 Å². The van der Waals surface area contributed by atoms with Gasteiger partial charge in [-0.2, -0.15) is 0 Å². The Morgan fingerprint density at radius 3 is 2.11 bits per heavy atom. The number of aromatic nitrogens is 1. The SMILES string of the molecule is CCC(C)(C)c1ccc(OCCCC[n+]2ccccc2)c(C(C)(C)CC)c1.[Br-]. The van der Waals surface area contributed by atoms with Crippen molar-refractivity contribution in [1.29, 1.82) is 0 Å². The number of hydrogen-bond acceptors (Lipinski definition) is 1. The first-order valence-electron chi connectivity index (χ1n) is 10.5. The Hall–Kier alpha value is -1.35. The van der Waals surface area contributed by atoms with Crippen LogP contribution >= 0.6 is 0 Å². The lowest BCUT2D eigenvalue weighted by atomic mass is 9.76. The first-order valence-corrected chi connectivity index (χ1v) is 10.5. The minimum absolute atomic E-state index is 0. The van der Waals surface area contributed by atoms with Gasteiger partial charge < -0.3 is 21.7 Å². The van der Waals surface area contributed by atoms with Crippen LogP contribution in [0.15, 0.2) is 48.8 Å². The van der Waals surface area contributed by atoms with Crippen molar-refractivity contribution in [1.82, 2.24) is 0 Å². The Morgan fingerprint density at radius 2 is 1.50 bits per heavy atom. The second-order valence-electron chi connectivity index (χ2n) is 8.85. The number of ether oxygens (including phenoxy) is 1. The van der Waals surface area contributed by atoms with Crippen LogP contribution in [0.5, 0.6) is 5.75 Å². The maximum absolute atomic E-state index is 6.26. The van der Waals surface area contributed by atoms with Crippen molar-refractivity contribution in [3.8, 4) is 5.75 Å². The molecule has 2 rings (SSSR count). The third-order valence-corrected chi connectivity index (χ3v) is 6.10. The van der Waals surface area contributed by atoms with E-state index in [0.29, 0.717) is 0 Å². The molecule has 0 amide bonds. The van der Waals surface area contributed by atoms with Crippen LogP contribution in [0.3, 0.4) is 0 Å². The fraction of sp³-hybridized carbons (Fsp3) is 0.560. The van der Waals surface area contributed by atoms with E-state index in [2.05, 4.69) is 94.9 Å². The largest absolute Gasteiger partial charge is 1.00 e. The topological polar surface area (TPSA) is 13.1 Å². The smallest absolute Gasteiger partial charge is 0.168 e. The molecule has 28 heavy (non-hydrogen) atoms. The minimum atomic E-state index is 0. The summed E-state index contributed by atoms with van der Waals surface area (Å²) in [6.07, 6.45) is 8.67. The zero-order valence-corrected chi connectivity index (χ0v) is 20.2. The number of unbranched alkanes of at least 4 members (excludes halogenated alkanes) is 1. The fourth-order valence-corrected chi connectivity index (χ4v) is 3.16. The van der Waals surface area contributed by atoms with Crippen molar-refractivity contribution in [2.45, 2.75) is 84.6 Å². The molecule has 0 spiro atoms. The summed E-state index contributed by atoms with van der Waals surface area (Å²) in [6.45, 7) is 15.6. The highest BCUT2D eigenvalue weighted by Crippen LogP contribution is 2.38. The van der Waals surface area contributed by atoms with E-state index in [4.69, 9.17) is 4.74 Å². The minimum Gasteiger partial charge on any atom is -1.00 e. The standard InChI is InChI=1S/C25H38NO.BrH/c1-7-24(3,4)21-14-15-23(22(20-21)25(5,6)8-2)27-19-13-12-18-26-16-10-9-11-17-26;/h9-11,14-17,20H,7-8,12-13,18-19H2,1-6H3;1H/q+1;/p-1. The molecule has 1 aromatic heterocycles. The molecule has 1 heterocycles. The molecule has 0 unspecified atom stereocenters. The number of aryl methyl sites for hydroxylation is 1. The van der Waals surface area contributed by atoms with Gasteiger partial charge in [-0.15, -0.1) is 0 Å². The van der Waals surface area contributed by atoms with Gasteiger partial charge in [-0.1, -0.05) is 59.7 Å². The zero-order valence-electron chi connectivity index (χ0n) is 18.6. The second-order valence-corrected chi connectivity index (χ2v) is 8.85. The maximum Gasteiger partial charge on any atom is 0.168 e. The maximum atomic E-state index is 6.26. The first-order chi connectivity index (χ1) is 12.8. The summed E-state index contributed by atoms with van der Waals surface area (Å²) in [5.74, 6) is 1.06. The molecular weight excluding hydrogens is 410 g/mol. The quantitative estimate of drug-likeness (QED) is 0.402. The van der Waals surface area contributed by atoms with Gasteiger partial charge >= 0.3 is 0 Å². The molecule has 0 bridgehead atoms. The molecule has 0 fully saturated rings. The molecule has 1 aromatic carbocycles. The third-order valence-electron chi connectivity index (χ3n) is 6.10. The molecule has 0 aliphatic heterocycles. The Labute approximate surface area is 183 Å². The van der Waals surface area contributed by atoms with Gasteiger partial charge in [0.05, 0.1) is 6.61 Å². The van der Waals surface area contributed by atoms with E-state index in [1.807, 2.05) is 0 Å². The van der Waals surface area contributed by atoms with E-state index in [0.717, 1.165) is 44.6 Å². The van der Waals surface area contributed by atoms with Crippen LogP contribution < -0.4 is 26.3 Å². The van der Waals surface area contributed by atoms with E-state index >= 15 is 0 Å². The monoisotopic (exact) mass is 447 g/mol. The van der Waals surface area contributed by atoms with Crippen LogP contribution in [-0.2, 0) is 17.4 Å². The van der Waals surface area contributed by atoms with Gasteiger partial charge in [0.1, 0.15) is 12.3 Å². The molecule has 0 aliphatic carbocycles. The van der Waals surface area contributed by atoms with Crippen LogP contribution in [0, 0.1) is 0 Å². The summed E-state index contributed by atoms with van der Waals surface area (Å²) in [5, 5.41) is 0. The summed E-state index contributed by atoms with van der Waals surface area (Å²) in [7, 11) is 0. The van der Waals surface area contributed by atoms with E-state index in [-0.39, 0.29) is 27.8 Å². The number of halogens is 1. The van der Waals surface area contributed by atoms with Crippen molar-refractivity contribution in [2.75, 3.05) is 6.61 Å². The summed E-state index contributed by atoms with van der Waals surface area (Å²) >= 11 is 0. The highest BCUT2D eigenvalue weighted by Gasteiger charge is 2.26. The molecule has 156 valence electrons. The highest BCUT2D eigenvalue weighted by molar-refractivity contribution is 5.44. The molecule has 0 saturated heterocycles. The Kier molecular flexibility index (Phi) is 9.69. The Morgan fingerprint density at radius 1 is 0.857 bits per heavy atom. The molecule has 0 aliphatic rings. The van der Waals surface area contributed by atoms with Crippen molar-refractivity contribution < 1.29 is 26.3 Å². The number of nitrogens with zero attached hydrogens (tertiary/aromatic N) is 1. The van der Waals surface area contributed by atoms with Crippen molar-refractivity contribution >= 4 is 0 Å². The van der Waals surface area contributed by atoms with E-state index < -0.39 is 0 Å². The number of pyridine rings is 1. The summed E-state index contributed by atoms with van der Waals surface area (Å²) in [6, 6.07) is 13.1. The van der Waals surface area contributed by atoms with Gasteiger partial charge in [-0.3, -0.25) is 0 Å². The normalized spacial score (nSPS) is 11.8. The number of benzene rings is 1. The van der Waals surface area contributed by atoms with E-state index in [1.165, 1.54) is 11.1 Å². The van der Waals surface area contributed by atoms with Crippen molar-refractivity contribution in [3.05, 3.63) is 59.9 Å². The molecule has 0 saturated carbocycles. The van der Waals surface area contributed by atoms with Crippen LogP contribution in [0.2, 0.25) is 0 Å². The van der Waals surface area contributed by atoms with Gasteiger partial charge in [0.2, 0.25) is 0 Å². The van der Waals surface area contributed by atoms with Crippen molar-refractivity contribution in [3.63, 3.8) is 0 Å². The van der Waals surface area contributed by atoms with Gasteiger partial charge in [0.25, 0.3) is 0 Å².